The SMILES string of the molecule is CCCNC1CCCCCC1CC1Cc2ccccc2O1. The van der Waals surface area contributed by atoms with E-state index in [0.717, 1.165) is 24.6 Å². The molecule has 1 aliphatic heterocycles. The first-order valence-electron chi connectivity index (χ1n) is 8.84. The lowest BCUT2D eigenvalue weighted by Crippen LogP contribution is -2.38. The lowest BCUT2D eigenvalue weighted by molar-refractivity contribution is 0.170. The summed E-state index contributed by atoms with van der Waals surface area (Å²) in [5.74, 6) is 1.91. The highest BCUT2D eigenvalue weighted by molar-refractivity contribution is 5.37. The van der Waals surface area contributed by atoms with Crippen LogP contribution < -0.4 is 10.1 Å². The van der Waals surface area contributed by atoms with Crippen LogP contribution >= 0.6 is 0 Å². The van der Waals surface area contributed by atoms with Crippen LogP contribution in [0.2, 0.25) is 0 Å². The highest BCUT2D eigenvalue weighted by atomic mass is 16.5. The number of hydrogen-bond acceptors (Lipinski definition) is 2. The fourth-order valence-electron chi connectivity index (χ4n) is 3.99. The average Bonchev–Trinajstić information content (AvgIpc) is 2.78. The zero-order valence-electron chi connectivity index (χ0n) is 13.3. The van der Waals surface area contributed by atoms with Gasteiger partial charge in [-0.15, -0.1) is 0 Å². The first-order valence-corrected chi connectivity index (χ1v) is 8.84. The molecule has 0 aromatic heterocycles. The van der Waals surface area contributed by atoms with Crippen molar-refractivity contribution in [2.24, 2.45) is 5.92 Å². The molecule has 2 heteroatoms. The van der Waals surface area contributed by atoms with E-state index < -0.39 is 0 Å². The maximum absolute atomic E-state index is 6.18. The van der Waals surface area contributed by atoms with Crippen molar-refractivity contribution in [3.8, 4) is 5.75 Å². The zero-order valence-corrected chi connectivity index (χ0v) is 13.3. The molecule has 1 aliphatic carbocycles. The van der Waals surface area contributed by atoms with Gasteiger partial charge in [-0.3, -0.25) is 0 Å². The Morgan fingerprint density at radius 3 is 2.86 bits per heavy atom. The van der Waals surface area contributed by atoms with Crippen LogP contribution in [0.25, 0.3) is 0 Å². The van der Waals surface area contributed by atoms with E-state index in [0.29, 0.717) is 12.1 Å². The van der Waals surface area contributed by atoms with Gasteiger partial charge in [-0.2, -0.15) is 0 Å². The van der Waals surface area contributed by atoms with Gasteiger partial charge in [0, 0.05) is 12.5 Å². The first kappa shape index (κ1) is 14.9. The Balaban J connectivity index is 1.59. The van der Waals surface area contributed by atoms with Gasteiger partial charge in [0.15, 0.2) is 0 Å². The molecular formula is C19H29NO. The lowest BCUT2D eigenvalue weighted by Gasteiger charge is -2.28. The number of hydrogen-bond donors (Lipinski definition) is 1. The van der Waals surface area contributed by atoms with Crippen molar-refractivity contribution in [3.05, 3.63) is 29.8 Å². The van der Waals surface area contributed by atoms with Crippen molar-refractivity contribution in [2.45, 2.75) is 70.4 Å². The smallest absolute Gasteiger partial charge is 0.123 e. The second kappa shape index (κ2) is 7.31. The summed E-state index contributed by atoms with van der Waals surface area (Å²) >= 11 is 0. The predicted octanol–water partition coefficient (Wildman–Crippen LogP) is 4.33. The van der Waals surface area contributed by atoms with Crippen LogP contribution in [0.5, 0.6) is 5.75 Å². The molecule has 0 bridgehead atoms. The third-order valence-electron chi connectivity index (χ3n) is 5.10. The Morgan fingerprint density at radius 1 is 1.14 bits per heavy atom. The van der Waals surface area contributed by atoms with E-state index in [-0.39, 0.29) is 0 Å². The van der Waals surface area contributed by atoms with Gasteiger partial charge >= 0.3 is 0 Å². The zero-order chi connectivity index (χ0) is 14.5. The molecule has 1 saturated carbocycles. The van der Waals surface area contributed by atoms with Crippen LogP contribution in [-0.4, -0.2) is 18.7 Å². The molecule has 0 amide bonds. The number of para-hydroxylation sites is 1. The van der Waals surface area contributed by atoms with E-state index >= 15 is 0 Å². The fourth-order valence-corrected chi connectivity index (χ4v) is 3.99. The summed E-state index contributed by atoms with van der Waals surface area (Å²) < 4.78 is 6.18. The summed E-state index contributed by atoms with van der Waals surface area (Å²) in [6.07, 6.45) is 10.9. The summed E-state index contributed by atoms with van der Waals surface area (Å²) in [5.41, 5.74) is 1.40. The third-order valence-corrected chi connectivity index (χ3v) is 5.10. The third kappa shape index (κ3) is 3.79. The molecule has 0 saturated heterocycles. The molecule has 1 aromatic carbocycles. The maximum atomic E-state index is 6.18. The van der Waals surface area contributed by atoms with Crippen LogP contribution in [0.1, 0.15) is 57.4 Å². The number of fused-ring (bicyclic) bond motifs is 1. The average molecular weight is 287 g/mol. The number of nitrogens with one attached hydrogen (secondary N) is 1. The minimum atomic E-state index is 0.399. The van der Waals surface area contributed by atoms with Gasteiger partial charge in [0.1, 0.15) is 11.9 Å². The van der Waals surface area contributed by atoms with Gasteiger partial charge in [-0.1, -0.05) is 44.4 Å². The van der Waals surface area contributed by atoms with Crippen LogP contribution in [-0.2, 0) is 6.42 Å². The van der Waals surface area contributed by atoms with E-state index in [9.17, 15) is 0 Å². The van der Waals surface area contributed by atoms with Crippen molar-refractivity contribution in [1.29, 1.82) is 0 Å². The molecule has 0 radical (unpaired) electrons. The minimum absolute atomic E-state index is 0.399. The molecule has 1 heterocycles. The molecule has 21 heavy (non-hydrogen) atoms. The Morgan fingerprint density at radius 2 is 2.00 bits per heavy atom. The van der Waals surface area contributed by atoms with Gasteiger partial charge in [-0.25, -0.2) is 0 Å². The molecule has 3 unspecified atom stereocenters. The Labute approximate surface area is 129 Å². The Kier molecular flexibility index (Phi) is 5.18. The van der Waals surface area contributed by atoms with Crippen LogP contribution in [0, 0.1) is 5.92 Å². The van der Waals surface area contributed by atoms with Crippen LogP contribution in [0.15, 0.2) is 24.3 Å². The van der Waals surface area contributed by atoms with Crippen LogP contribution in [0.4, 0.5) is 0 Å². The molecule has 2 aliphatic rings. The molecular weight excluding hydrogens is 258 g/mol. The Bertz CT molecular complexity index is 420. The number of ether oxygens (including phenoxy) is 1. The molecule has 3 rings (SSSR count). The van der Waals surface area contributed by atoms with Crippen molar-refractivity contribution in [3.63, 3.8) is 0 Å². The molecule has 1 fully saturated rings. The van der Waals surface area contributed by atoms with Crippen molar-refractivity contribution in [2.75, 3.05) is 6.54 Å². The van der Waals surface area contributed by atoms with E-state index in [4.69, 9.17) is 4.74 Å². The quantitative estimate of drug-likeness (QED) is 0.814. The topological polar surface area (TPSA) is 21.3 Å². The molecule has 116 valence electrons. The van der Waals surface area contributed by atoms with E-state index in [1.54, 1.807) is 0 Å². The summed E-state index contributed by atoms with van der Waals surface area (Å²) in [6.45, 7) is 3.42. The van der Waals surface area contributed by atoms with Gasteiger partial charge in [0.25, 0.3) is 0 Å². The van der Waals surface area contributed by atoms with E-state index in [1.807, 2.05) is 0 Å². The summed E-state index contributed by atoms with van der Waals surface area (Å²) in [7, 11) is 0. The largest absolute Gasteiger partial charge is 0.490 e. The molecule has 2 nitrogen and oxygen atoms in total. The number of benzene rings is 1. The van der Waals surface area contributed by atoms with Gasteiger partial charge in [0.05, 0.1) is 0 Å². The monoisotopic (exact) mass is 287 g/mol. The second-order valence-corrected chi connectivity index (χ2v) is 6.75. The minimum Gasteiger partial charge on any atom is -0.490 e. The summed E-state index contributed by atoms with van der Waals surface area (Å²) in [5, 5.41) is 3.80. The lowest BCUT2D eigenvalue weighted by atomic mass is 9.88. The van der Waals surface area contributed by atoms with Crippen LogP contribution in [0.3, 0.4) is 0 Å². The van der Waals surface area contributed by atoms with Gasteiger partial charge < -0.3 is 10.1 Å². The molecule has 1 N–H and O–H groups in total. The maximum Gasteiger partial charge on any atom is 0.123 e. The normalized spacial score (nSPS) is 28.7. The van der Waals surface area contributed by atoms with Crippen molar-refractivity contribution < 1.29 is 4.74 Å². The second-order valence-electron chi connectivity index (χ2n) is 6.75. The summed E-state index contributed by atoms with van der Waals surface area (Å²) in [6, 6.07) is 9.25. The summed E-state index contributed by atoms with van der Waals surface area (Å²) in [4.78, 5) is 0. The fraction of sp³-hybridized carbons (Fsp3) is 0.684. The highest BCUT2D eigenvalue weighted by Gasteiger charge is 2.30. The van der Waals surface area contributed by atoms with Crippen molar-refractivity contribution in [1.82, 2.24) is 5.32 Å². The molecule has 0 spiro atoms. The Hall–Kier alpha value is -1.02. The predicted molar refractivity (Wildman–Crippen MR) is 87.8 cm³/mol. The van der Waals surface area contributed by atoms with Gasteiger partial charge in [0.2, 0.25) is 0 Å². The van der Waals surface area contributed by atoms with Gasteiger partial charge in [-0.05, 0) is 49.8 Å². The first-order chi connectivity index (χ1) is 10.4. The molecule has 3 atom stereocenters. The highest BCUT2D eigenvalue weighted by Crippen LogP contribution is 2.34. The van der Waals surface area contributed by atoms with E-state index in [2.05, 4.69) is 36.5 Å². The number of rotatable bonds is 5. The molecule has 1 aromatic rings. The van der Waals surface area contributed by atoms with E-state index in [1.165, 1.54) is 50.5 Å². The standard InChI is InChI=1S/C19H29NO/c1-2-12-20-18-10-5-3-4-8-15(18)13-17-14-16-9-6-7-11-19(16)21-17/h6-7,9,11,15,17-18,20H,2-5,8,10,12-14H2,1H3. The van der Waals surface area contributed by atoms with Crippen molar-refractivity contribution >= 4 is 0 Å².